The number of nitrogens with zero attached hydrogens (tertiary/aromatic N) is 1. The molecule has 0 spiro atoms. The highest BCUT2D eigenvalue weighted by atomic mass is 16.5. The van der Waals surface area contributed by atoms with E-state index in [-0.39, 0.29) is 12.5 Å². The van der Waals surface area contributed by atoms with Crippen LogP contribution in [0.25, 0.3) is 22.2 Å². The Morgan fingerprint density at radius 3 is 2.38 bits per heavy atom. The maximum Gasteiger partial charge on any atom is 0.262 e. The van der Waals surface area contributed by atoms with Crippen molar-refractivity contribution in [1.29, 1.82) is 0 Å². The van der Waals surface area contributed by atoms with Crippen LogP contribution in [0.4, 0.5) is 5.69 Å². The molecule has 5 heteroatoms. The number of rotatable bonds is 7. The smallest absolute Gasteiger partial charge is 0.262 e. The molecule has 0 atom stereocenters. The van der Waals surface area contributed by atoms with E-state index in [0.717, 1.165) is 33.6 Å². The second-order valence-electron chi connectivity index (χ2n) is 7.86. The van der Waals surface area contributed by atoms with E-state index >= 15 is 0 Å². The molecule has 0 aliphatic carbocycles. The average Bonchev–Trinajstić information content (AvgIpc) is 2.82. The Bertz CT molecular complexity index is 1220. The van der Waals surface area contributed by atoms with E-state index in [9.17, 15) is 4.79 Å². The van der Waals surface area contributed by atoms with Crippen LogP contribution in [0.15, 0.2) is 78.9 Å². The number of nitrogens with one attached hydrogen (secondary N) is 1. The number of aromatic nitrogens is 1. The zero-order valence-corrected chi connectivity index (χ0v) is 18.5. The minimum absolute atomic E-state index is 0.0952. The van der Waals surface area contributed by atoms with Gasteiger partial charge in [-0.1, -0.05) is 38.1 Å². The molecule has 0 aliphatic rings. The molecule has 1 N–H and O–H groups in total. The topological polar surface area (TPSA) is 60.5 Å². The average molecular weight is 427 g/mol. The lowest BCUT2D eigenvalue weighted by Crippen LogP contribution is -2.20. The van der Waals surface area contributed by atoms with Gasteiger partial charge < -0.3 is 14.8 Å². The molecule has 0 unspecified atom stereocenters. The summed E-state index contributed by atoms with van der Waals surface area (Å²) in [6.07, 6.45) is 0. The second-order valence-corrected chi connectivity index (χ2v) is 7.86. The van der Waals surface area contributed by atoms with E-state index in [1.165, 1.54) is 5.56 Å². The molecule has 4 aromatic rings. The molecular weight excluding hydrogens is 400 g/mol. The third kappa shape index (κ3) is 4.89. The Hall–Kier alpha value is -3.86. The Kier molecular flexibility index (Phi) is 6.36. The van der Waals surface area contributed by atoms with Crippen LogP contribution in [0.2, 0.25) is 0 Å². The molecule has 162 valence electrons. The number of carbonyl (C=O) groups excluding carboxylic acids is 1. The Balaban J connectivity index is 1.53. The molecule has 1 aromatic heterocycles. The van der Waals surface area contributed by atoms with Crippen LogP contribution in [0.1, 0.15) is 25.3 Å². The monoisotopic (exact) mass is 426 g/mol. The molecule has 3 aromatic carbocycles. The summed E-state index contributed by atoms with van der Waals surface area (Å²) in [6.45, 7) is 4.18. The third-order valence-corrected chi connectivity index (χ3v) is 5.28. The van der Waals surface area contributed by atoms with Gasteiger partial charge in [0.1, 0.15) is 11.5 Å². The zero-order valence-electron chi connectivity index (χ0n) is 18.5. The van der Waals surface area contributed by atoms with Crippen LogP contribution >= 0.6 is 0 Å². The summed E-state index contributed by atoms with van der Waals surface area (Å²) in [4.78, 5) is 17.3. The first-order valence-corrected chi connectivity index (χ1v) is 10.6. The summed E-state index contributed by atoms with van der Waals surface area (Å²) in [5.74, 6) is 1.63. The summed E-state index contributed by atoms with van der Waals surface area (Å²) in [7, 11) is 1.64. The van der Waals surface area contributed by atoms with E-state index in [1.54, 1.807) is 7.11 Å². The number of hydrogen-bond donors (Lipinski definition) is 1. The molecule has 0 aliphatic heterocycles. The highest BCUT2D eigenvalue weighted by Gasteiger charge is 2.11. The van der Waals surface area contributed by atoms with Crippen molar-refractivity contribution in [2.75, 3.05) is 19.0 Å². The van der Waals surface area contributed by atoms with Crippen molar-refractivity contribution in [3.63, 3.8) is 0 Å². The van der Waals surface area contributed by atoms with E-state index in [1.807, 2.05) is 78.9 Å². The van der Waals surface area contributed by atoms with Crippen LogP contribution in [-0.4, -0.2) is 24.6 Å². The van der Waals surface area contributed by atoms with Crippen LogP contribution in [0.3, 0.4) is 0 Å². The fourth-order valence-electron chi connectivity index (χ4n) is 3.46. The van der Waals surface area contributed by atoms with E-state index in [0.29, 0.717) is 11.7 Å². The number of para-hydroxylation sites is 1. The minimum atomic E-state index is -0.214. The minimum Gasteiger partial charge on any atom is -0.497 e. The number of amides is 1. The summed E-state index contributed by atoms with van der Waals surface area (Å²) in [5, 5.41) is 3.75. The molecule has 4 rings (SSSR count). The first-order valence-electron chi connectivity index (χ1n) is 10.6. The van der Waals surface area contributed by atoms with Crippen LogP contribution < -0.4 is 14.8 Å². The molecule has 0 fully saturated rings. The summed E-state index contributed by atoms with van der Waals surface area (Å²) < 4.78 is 11.2. The van der Waals surface area contributed by atoms with Gasteiger partial charge in [-0.3, -0.25) is 4.79 Å². The first kappa shape index (κ1) is 21.4. The fourth-order valence-corrected chi connectivity index (χ4v) is 3.46. The molecule has 0 radical (unpaired) electrons. The zero-order chi connectivity index (χ0) is 22.5. The lowest BCUT2D eigenvalue weighted by atomic mass is 10.0. The summed E-state index contributed by atoms with van der Waals surface area (Å²) in [6, 6.07) is 25.2. The number of pyridine rings is 1. The number of anilines is 1. The van der Waals surface area contributed by atoms with Crippen molar-refractivity contribution in [3.05, 3.63) is 84.4 Å². The van der Waals surface area contributed by atoms with Gasteiger partial charge in [-0.25, -0.2) is 4.98 Å². The quantitative estimate of drug-likeness (QED) is 0.391. The maximum absolute atomic E-state index is 12.5. The highest BCUT2D eigenvalue weighted by molar-refractivity contribution is 5.93. The van der Waals surface area contributed by atoms with E-state index < -0.39 is 0 Å². The van der Waals surface area contributed by atoms with E-state index in [2.05, 4.69) is 19.2 Å². The van der Waals surface area contributed by atoms with Gasteiger partial charge in [-0.2, -0.15) is 0 Å². The predicted octanol–water partition coefficient (Wildman–Crippen LogP) is 6.05. The molecule has 0 bridgehead atoms. The second kappa shape index (κ2) is 9.52. The SMILES string of the molecule is COc1ccc(-c2cc(OCC(=O)Nc3ccc(C(C)C)cc3)c3ccccc3n2)cc1. The van der Waals surface area contributed by atoms with Gasteiger partial charge in [0.15, 0.2) is 6.61 Å². The molecule has 0 saturated heterocycles. The number of ether oxygens (including phenoxy) is 2. The lowest BCUT2D eigenvalue weighted by molar-refractivity contribution is -0.118. The van der Waals surface area contributed by atoms with Crippen molar-refractivity contribution in [2.45, 2.75) is 19.8 Å². The van der Waals surface area contributed by atoms with Crippen molar-refractivity contribution in [1.82, 2.24) is 4.98 Å². The van der Waals surface area contributed by atoms with Crippen molar-refractivity contribution in [3.8, 4) is 22.8 Å². The van der Waals surface area contributed by atoms with Crippen LogP contribution in [-0.2, 0) is 4.79 Å². The molecule has 32 heavy (non-hydrogen) atoms. The highest BCUT2D eigenvalue weighted by Crippen LogP contribution is 2.31. The molecule has 1 heterocycles. The first-order chi connectivity index (χ1) is 15.5. The van der Waals surface area contributed by atoms with Crippen molar-refractivity contribution < 1.29 is 14.3 Å². The lowest BCUT2D eigenvalue weighted by Gasteiger charge is -2.12. The Morgan fingerprint density at radius 2 is 1.69 bits per heavy atom. The number of methoxy groups -OCH3 is 1. The third-order valence-electron chi connectivity index (χ3n) is 5.28. The molecule has 0 saturated carbocycles. The Labute approximate surface area is 188 Å². The van der Waals surface area contributed by atoms with Crippen molar-refractivity contribution in [2.24, 2.45) is 0 Å². The fraction of sp³-hybridized carbons (Fsp3) is 0.185. The standard InChI is InChI=1S/C27H26N2O3/c1-18(2)19-8-12-21(13-9-19)28-27(30)17-32-26-16-25(20-10-14-22(31-3)15-11-20)29-24-7-5-4-6-23(24)26/h4-16,18H,17H2,1-3H3,(H,28,30). The molecule has 5 nitrogen and oxygen atoms in total. The van der Waals surface area contributed by atoms with Gasteiger partial charge in [0.05, 0.1) is 18.3 Å². The number of carbonyl (C=O) groups is 1. The number of fused-ring (bicyclic) bond motifs is 1. The van der Waals surface area contributed by atoms with Crippen molar-refractivity contribution >= 4 is 22.5 Å². The summed E-state index contributed by atoms with van der Waals surface area (Å²) >= 11 is 0. The molecular formula is C27H26N2O3. The van der Waals surface area contributed by atoms with Gasteiger partial charge >= 0.3 is 0 Å². The predicted molar refractivity (Wildman–Crippen MR) is 128 cm³/mol. The van der Waals surface area contributed by atoms with Gasteiger partial charge in [0, 0.05) is 22.7 Å². The van der Waals surface area contributed by atoms with Gasteiger partial charge in [-0.05, 0) is 60.0 Å². The molecule has 1 amide bonds. The van der Waals surface area contributed by atoms with Gasteiger partial charge in [-0.15, -0.1) is 0 Å². The van der Waals surface area contributed by atoms with E-state index in [4.69, 9.17) is 14.5 Å². The normalized spacial score (nSPS) is 10.9. The largest absolute Gasteiger partial charge is 0.497 e. The number of benzene rings is 3. The van der Waals surface area contributed by atoms with Crippen LogP contribution in [0.5, 0.6) is 11.5 Å². The maximum atomic E-state index is 12.5. The Morgan fingerprint density at radius 1 is 0.969 bits per heavy atom. The van der Waals surface area contributed by atoms with Gasteiger partial charge in [0.25, 0.3) is 5.91 Å². The number of hydrogen-bond acceptors (Lipinski definition) is 4. The van der Waals surface area contributed by atoms with Gasteiger partial charge in [0.2, 0.25) is 0 Å². The summed E-state index contributed by atoms with van der Waals surface area (Å²) in [5.41, 5.74) is 4.50. The van der Waals surface area contributed by atoms with Crippen LogP contribution in [0, 0.1) is 0 Å².